The summed E-state index contributed by atoms with van der Waals surface area (Å²) in [6.45, 7) is 1.70. The lowest BCUT2D eigenvalue weighted by Crippen LogP contribution is -2.57. The molecule has 0 aromatic heterocycles. The molecule has 6 heteroatoms. The zero-order valence-corrected chi connectivity index (χ0v) is 12.2. The van der Waals surface area contributed by atoms with Crippen LogP contribution in [-0.2, 0) is 23.9 Å². The summed E-state index contributed by atoms with van der Waals surface area (Å²) < 4.78 is 11.2. The van der Waals surface area contributed by atoms with Gasteiger partial charge in [0.2, 0.25) is 5.91 Å². The van der Waals surface area contributed by atoms with Crippen molar-refractivity contribution in [2.45, 2.75) is 56.4 Å². The van der Waals surface area contributed by atoms with Crippen LogP contribution in [0.25, 0.3) is 0 Å². The molecule has 0 radical (unpaired) electrons. The molecule has 3 heterocycles. The minimum Gasteiger partial charge on any atom is -0.446 e. The molecule has 0 N–H and O–H groups in total. The molecule has 2 saturated heterocycles. The molecule has 1 spiro atoms. The van der Waals surface area contributed by atoms with Crippen LogP contribution >= 0.6 is 0 Å². The van der Waals surface area contributed by atoms with Crippen LogP contribution in [0, 0.1) is 0 Å². The number of amides is 1. The SMILES string of the molecule is CO[C@@H]1CCC(=O)N2[C@H](C=O)CC[C@H]2[C@@]12C=C(C)C(=O)O2. The van der Waals surface area contributed by atoms with E-state index >= 15 is 0 Å². The quantitative estimate of drug-likeness (QED) is 0.550. The number of hydrogen-bond acceptors (Lipinski definition) is 5. The molecule has 2 fully saturated rings. The minimum absolute atomic E-state index is 0.0671. The monoisotopic (exact) mass is 293 g/mol. The molecule has 3 aliphatic heterocycles. The van der Waals surface area contributed by atoms with Gasteiger partial charge < -0.3 is 19.2 Å². The van der Waals surface area contributed by atoms with Gasteiger partial charge in [-0.3, -0.25) is 4.79 Å². The Hall–Kier alpha value is -1.69. The van der Waals surface area contributed by atoms with E-state index in [1.54, 1.807) is 25.0 Å². The fourth-order valence-electron chi connectivity index (χ4n) is 3.89. The summed E-state index contributed by atoms with van der Waals surface area (Å²) in [7, 11) is 1.56. The van der Waals surface area contributed by atoms with E-state index in [-0.39, 0.29) is 24.0 Å². The van der Waals surface area contributed by atoms with Crippen molar-refractivity contribution in [1.29, 1.82) is 0 Å². The highest BCUT2D eigenvalue weighted by molar-refractivity contribution is 5.91. The average molecular weight is 293 g/mol. The first kappa shape index (κ1) is 14.3. The highest BCUT2D eigenvalue weighted by atomic mass is 16.6. The maximum atomic E-state index is 12.4. The number of hydrogen-bond donors (Lipinski definition) is 0. The van der Waals surface area contributed by atoms with Crippen molar-refractivity contribution >= 4 is 18.2 Å². The third-order valence-electron chi connectivity index (χ3n) is 4.84. The van der Waals surface area contributed by atoms with E-state index in [9.17, 15) is 14.4 Å². The zero-order valence-electron chi connectivity index (χ0n) is 12.2. The normalized spacial score (nSPS) is 39.0. The third-order valence-corrected chi connectivity index (χ3v) is 4.84. The highest BCUT2D eigenvalue weighted by Crippen LogP contribution is 2.44. The van der Waals surface area contributed by atoms with Crippen molar-refractivity contribution in [3.05, 3.63) is 11.6 Å². The van der Waals surface area contributed by atoms with Gasteiger partial charge in [-0.1, -0.05) is 0 Å². The molecule has 0 aromatic carbocycles. The molecule has 0 aliphatic carbocycles. The Morgan fingerprint density at radius 3 is 2.71 bits per heavy atom. The number of aldehydes is 1. The first-order valence-corrected chi connectivity index (χ1v) is 7.25. The molecule has 0 saturated carbocycles. The number of esters is 1. The first-order chi connectivity index (χ1) is 10.0. The largest absolute Gasteiger partial charge is 0.446 e. The first-order valence-electron chi connectivity index (χ1n) is 7.25. The number of rotatable bonds is 2. The van der Waals surface area contributed by atoms with Gasteiger partial charge in [0.1, 0.15) is 12.4 Å². The van der Waals surface area contributed by atoms with Crippen LogP contribution in [0.1, 0.15) is 32.6 Å². The van der Waals surface area contributed by atoms with E-state index in [0.717, 1.165) is 6.29 Å². The van der Waals surface area contributed by atoms with Crippen molar-refractivity contribution in [3.8, 4) is 0 Å². The summed E-state index contributed by atoms with van der Waals surface area (Å²) in [6, 6.07) is -0.753. The Balaban J connectivity index is 2.08. The molecule has 4 atom stereocenters. The van der Waals surface area contributed by atoms with Crippen LogP contribution in [0.15, 0.2) is 11.6 Å². The van der Waals surface area contributed by atoms with Crippen LogP contribution in [0.2, 0.25) is 0 Å². The Bertz CT molecular complexity index is 528. The van der Waals surface area contributed by atoms with Crippen molar-refractivity contribution in [2.24, 2.45) is 0 Å². The van der Waals surface area contributed by atoms with E-state index in [4.69, 9.17) is 9.47 Å². The summed E-state index contributed by atoms with van der Waals surface area (Å²) in [5.74, 6) is -0.441. The number of nitrogens with zero attached hydrogens (tertiary/aromatic N) is 1. The summed E-state index contributed by atoms with van der Waals surface area (Å²) in [6.07, 6.45) is 4.23. The van der Waals surface area contributed by atoms with Gasteiger partial charge in [0, 0.05) is 19.1 Å². The standard InChI is InChI=1S/C15H19NO5/c1-9-7-15(21-14(9)19)11-4-3-10(8-17)16(11)13(18)6-5-12(15)20-2/h7-8,10-12H,3-6H2,1-2H3/t10-,11-,12+,15-/m0/s1. The second-order valence-electron chi connectivity index (χ2n) is 5.93. The molecule has 3 aliphatic rings. The van der Waals surface area contributed by atoms with Crippen LogP contribution in [0.3, 0.4) is 0 Å². The highest BCUT2D eigenvalue weighted by Gasteiger charge is 2.59. The molecule has 1 amide bonds. The van der Waals surface area contributed by atoms with Crippen LogP contribution in [0.4, 0.5) is 0 Å². The van der Waals surface area contributed by atoms with Gasteiger partial charge in [-0.05, 0) is 32.3 Å². The summed E-state index contributed by atoms with van der Waals surface area (Å²) in [4.78, 5) is 37.2. The lowest BCUT2D eigenvalue weighted by atomic mass is 9.85. The molecule has 0 unspecified atom stereocenters. The lowest BCUT2D eigenvalue weighted by Gasteiger charge is -2.40. The van der Waals surface area contributed by atoms with E-state index in [1.807, 2.05) is 0 Å². The lowest BCUT2D eigenvalue weighted by molar-refractivity contribution is -0.167. The fraction of sp³-hybridized carbons (Fsp3) is 0.667. The predicted octanol–water partition coefficient (Wildman–Crippen LogP) is 0.596. The van der Waals surface area contributed by atoms with Crippen molar-refractivity contribution in [3.63, 3.8) is 0 Å². The second kappa shape index (κ2) is 4.94. The van der Waals surface area contributed by atoms with Gasteiger partial charge in [0.05, 0.1) is 12.1 Å². The van der Waals surface area contributed by atoms with Crippen molar-refractivity contribution in [2.75, 3.05) is 7.11 Å². The third kappa shape index (κ3) is 1.92. The summed E-state index contributed by atoms with van der Waals surface area (Å²) in [5, 5.41) is 0. The predicted molar refractivity (Wildman–Crippen MR) is 72.3 cm³/mol. The van der Waals surface area contributed by atoms with E-state index in [1.165, 1.54) is 0 Å². The minimum atomic E-state index is -0.958. The van der Waals surface area contributed by atoms with Crippen LogP contribution in [0.5, 0.6) is 0 Å². The van der Waals surface area contributed by atoms with Gasteiger partial charge >= 0.3 is 5.97 Å². The van der Waals surface area contributed by atoms with Crippen LogP contribution in [-0.4, -0.2) is 54.0 Å². The fourth-order valence-corrected chi connectivity index (χ4v) is 3.89. The number of carbonyl (C=O) groups is 3. The molecule has 0 bridgehead atoms. The Kier molecular flexibility index (Phi) is 3.36. The van der Waals surface area contributed by atoms with Crippen molar-refractivity contribution < 1.29 is 23.9 Å². The van der Waals surface area contributed by atoms with Gasteiger partial charge in [-0.2, -0.15) is 0 Å². The summed E-state index contributed by atoms with van der Waals surface area (Å²) in [5.41, 5.74) is -0.430. The van der Waals surface area contributed by atoms with Gasteiger partial charge in [-0.25, -0.2) is 4.79 Å². The zero-order chi connectivity index (χ0) is 15.2. The summed E-state index contributed by atoms with van der Waals surface area (Å²) >= 11 is 0. The Labute approximate surface area is 123 Å². The molecule has 6 nitrogen and oxygen atoms in total. The van der Waals surface area contributed by atoms with Gasteiger partial charge in [0.25, 0.3) is 0 Å². The Morgan fingerprint density at radius 2 is 2.14 bits per heavy atom. The molecule has 0 aromatic rings. The van der Waals surface area contributed by atoms with E-state index in [0.29, 0.717) is 31.3 Å². The maximum absolute atomic E-state index is 12.4. The van der Waals surface area contributed by atoms with Gasteiger partial charge in [-0.15, -0.1) is 0 Å². The average Bonchev–Trinajstić information content (AvgIpc) is 2.99. The van der Waals surface area contributed by atoms with Crippen LogP contribution < -0.4 is 0 Å². The molecular weight excluding hydrogens is 274 g/mol. The second-order valence-corrected chi connectivity index (χ2v) is 5.93. The Morgan fingerprint density at radius 1 is 1.38 bits per heavy atom. The molecular formula is C15H19NO5. The molecule has 3 rings (SSSR count). The number of methoxy groups -OCH3 is 1. The maximum Gasteiger partial charge on any atom is 0.334 e. The number of fused-ring (bicyclic) bond motifs is 2. The number of ether oxygens (including phenoxy) is 2. The molecule has 21 heavy (non-hydrogen) atoms. The van der Waals surface area contributed by atoms with Crippen molar-refractivity contribution in [1.82, 2.24) is 4.90 Å². The smallest absolute Gasteiger partial charge is 0.334 e. The molecule has 114 valence electrons. The van der Waals surface area contributed by atoms with E-state index < -0.39 is 11.6 Å². The van der Waals surface area contributed by atoms with Gasteiger partial charge in [0.15, 0.2) is 5.60 Å². The van der Waals surface area contributed by atoms with E-state index in [2.05, 4.69) is 0 Å². The topological polar surface area (TPSA) is 72.9 Å². The number of carbonyl (C=O) groups excluding carboxylic acids is 3.